The number of carbonyl (C=O) groups is 1. The fraction of sp³-hybridized carbons (Fsp3) is 0.292. The summed E-state index contributed by atoms with van der Waals surface area (Å²) in [5.41, 5.74) is 1.00. The molecule has 0 unspecified atom stereocenters. The number of nitrogens with zero attached hydrogens (tertiary/aromatic N) is 3. The van der Waals surface area contributed by atoms with Gasteiger partial charge >= 0.3 is 0 Å². The molecule has 6 nitrogen and oxygen atoms in total. The van der Waals surface area contributed by atoms with Crippen LogP contribution in [0.25, 0.3) is 21.9 Å². The number of halogens is 1. The summed E-state index contributed by atoms with van der Waals surface area (Å²) in [6.07, 6.45) is 2.67. The zero-order valence-corrected chi connectivity index (χ0v) is 16.8. The monoisotopic (exact) mass is 417 g/mol. The molecule has 0 N–H and O–H groups in total. The van der Waals surface area contributed by atoms with E-state index in [-0.39, 0.29) is 29.8 Å². The van der Waals surface area contributed by atoms with E-state index < -0.39 is 5.82 Å². The number of carbonyl (C=O) groups excluding carboxylic acids is 1. The lowest BCUT2D eigenvalue weighted by molar-refractivity contribution is -0.136. The van der Waals surface area contributed by atoms with Gasteiger partial charge in [0, 0.05) is 35.5 Å². The van der Waals surface area contributed by atoms with E-state index in [1.165, 1.54) is 16.7 Å². The van der Waals surface area contributed by atoms with Crippen LogP contribution < -0.4 is 10.3 Å². The van der Waals surface area contributed by atoms with Gasteiger partial charge in [0.05, 0.1) is 0 Å². The van der Waals surface area contributed by atoms with Gasteiger partial charge in [0.25, 0.3) is 11.5 Å². The molecule has 1 aromatic heterocycles. The number of aromatic nitrogens is 1. The SMILES string of the molecule is N#Cc1c(-c2cccc(F)c2)c2cc(OCC(=O)N3CCC3)ccc2c(=O)n1C1CC1. The largest absolute Gasteiger partial charge is 0.484 e. The van der Waals surface area contributed by atoms with Crippen molar-refractivity contribution in [3.05, 3.63) is 64.3 Å². The summed E-state index contributed by atoms with van der Waals surface area (Å²) in [5, 5.41) is 10.9. The van der Waals surface area contributed by atoms with Crippen molar-refractivity contribution in [1.29, 1.82) is 5.26 Å². The minimum atomic E-state index is -0.425. The first-order chi connectivity index (χ1) is 15.1. The predicted octanol–water partition coefficient (Wildman–Crippen LogP) is 3.63. The third-order valence-electron chi connectivity index (χ3n) is 5.89. The molecule has 31 heavy (non-hydrogen) atoms. The summed E-state index contributed by atoms with van der Waals surface area (Å²) in [6, 6.07) is 13.1. The number of fused-ring (bicyclic) bond motifs is 1. The van der Waals surface area contributed by atoms with Crippen molar-refractivity contribution in [2.75, 3.05) is 19.7 Å². The van der Waals surface area contributed by atoms with Gasteiger partial charge in [-0.1, -0.05) is 12.1 Å². The van der Waals surface area contributed by atoms with Gasteiger partial charge in [-0.25, -0.2) is 4.39 Å². The fourth-order valence-electron chi connectivity index (χ4n) is 4.01. The zero-order valence-electron chi connectivity index (χ0n) is 16.8. The standard InChI is InChI=1S/C24H20FN3O3/c25-16-4-1-3-15(11-16)23-20-12-18(31-14-22(29)27-9-2-10-27)7-8-19(20)24(30)28(17-5-6-17)21(23)13-26/h1,3-4,7-8,11-12,17H,2,5-6,9-10,14H2. The van der Waals surface area contributed by atoms with E-state index in [0.717, 1.165) is 32.4 Å². The van der Waals surface area contributed by atoms with Crippen molar-refractivity contribution in [2.24, 2.45) is 0 Å². The molecule has 3 aromatic rings. The van der Waals surface area contributed by atoms with E-state index >= 15 is 0 Å². The van der Waals surface area contributed by atoms with Crippen LogP contribution in [0.15, 0.2) is 47.3 Å². The van der Waals surface area contributed by atoms with Gasteiger partial charge in [-0.15, -0.1) is 0 Å². The van der Waals surface area contributed by atoms with Gasteiger partial charge in [-0.2, -0.15) is 5.26 Å². The lowest BCUT2D eigenvalue weighted by atomic mass is 9.96. The van der Waals surface area contributed by atoms with E-state index in [2.05, 4.69) is 6.07 Å². The second-order valence-corrected chi connectivity index (χ2v) is 7.98. The lowest BCUT2D eigenvalue weighted by Crippen LogP contribution is -2.44. The van der Waals surface area contributed by atoms with Crippen LogP contribution in [0, 0.1) is 17.1 Å². The van der Waals surface area contributed by atoms with Crippen LogP contribution in [0.4, 0.5) is 4.39 Å². The Morgan fingerprint density at radius 3 is 2.61 bits per heavy atom. The van der Waals surface area contributed by atoms with Crippen molar-refractivity contribution in [3.8, 4) is 22.9 Å². The summed E-state index contributed by atoms with van der Waals surface area (Å²) in [5.74, 6) is -0.0867. The number of benzene rings is 2. The summed E-state index contributed by atoms with van der Waals surface area (Å²) in [7, 11) is 0. The van der Waals surface area contributed by atoms with E-state index in [4.69, 9.17) is 4.74 Å². The molecule has 1 amide bonds. The summed E-state index contributed by atoms with van der Waals surface area (Å²) in [4.78, 5) is 27.0. The number of likely N-dealkylation sites (tertiary alicyclic amines) is 1. The molecule has 156 valence electrons. The highest BCUT2D eigenvalue weighted by molar-refractivity contribution is 5.99. The van der Waals surface area contributed by atoms with E-state index in [0.29, 0.717) is 27.6 Å². The van der Waals surface area contributed by atoms with Crippen LogP contribution in [0.3, 0.4) is 0 Å². The molecule has 1 saturated carbocycles. The van der Waals surface area contributed by atoms with Crippen LogP contribution in [-0.4, -0.2) is 35.1 Å². The van der Waals surface area contributed by atoms with Crippen LogP contribution in [0.1, 0.15) is 31.0 Å². The minimum absolute atomic E-state index is 0.0102. The van der Waals surface area contributed by atoms with E-state index in [9.17, 15) is 19.2 Å². The second-order valence-electron chi connectivity index (χ2n) is 7.98. The third-order valence-corrected chi connectivity index (χ3v) is 5.89. The number of pyridine rings is 1. The molecule has 0 radical (unpaired) electrons. The Labute approximate surface area is 178 Å². The third kappa shape index (κ3) is 3.44. The quantitative estimate of drug-likeness (QED) is 0.635. The topological polar surface area (TPSA) is 75.3 Å². The van der Waals surface area contributed by atoms with E-state index in [1.807, 2.05) is 0 Å². The Bertz CT molecular complexity index is 1300. The van der Waals surface area contributed by atoms with Crippen LogP contribution >= 0.6 is 0 Å². The highest BCUT2D eigenvalue weighted by atomic mass is 19.1. The number of nitriles is 1. The molecule has 2 aromatic carbocycles. The molecule has 2 aliphatic rings. The van der Waals surface area contributed by atoms with E-state index in [1.54, 1.807) is 35.2 Å². The Morgan fingerprint density at radius 1 is 1.16 bits per heavy atom. The highest BCUT2D eigenvalue weighted by Crippen LogP contribution is 2.39. The Hall–Kier alpha value is -3.66. The van der Waals surface area contributed by atoms with Gasteiger partial charge in [-0.3, -0.25) is 14.2 Å². The number of rotatable bonds is 5. The van der Waals surface area contributed by atoms with Crippen molar-refractivity contribution >= 4 is 16.7 Å². The number of hydrogen-bond donors (Lipinski definition) is 0. The molecule has 1 aliphatic carbocycles. The lowest BCUT2D eigenvalue weighted by Gasteiger charge is -2.30. The first-order valence-corrected chi connectivity index (χ1v) is 10.4. The first-order valence-electron chi connectivity index (χ1n) is 10.4. The van der Waals surface area contributed by atoms with Gasteiger partial charge in [0.1, 0.15) is 23.3 Å². The van der Waals surface area contributed by atoms with Crippen molar-refractivity contribution in [2.45, 2.75) is 25.3 Å². The van der Waals surface area contributed by atoms with Crippen molar-refractivity contribution < 1.29 is 13.9 Å². The summed E-state index contributed by atoms with van der Waals surface area (Å²) in [6.45, 7) is 1.40. The highest BCUT2D eigenvalue weighted by Gasteiger charge is 2.30. The number of amides is 1. The average Bonchev–Trinajstić information content (AvgIpc) is 3.55. The molecular weight excluding hydrogens is 397 g/mol. The van der Waals surface area contributed by atoms with Crippen LogP contribution in [0.5, 0.6) is 5.75 Å². The molecule has 0 atom stereocenters. The molecule has 2 heterocycles. The fourth-order valence-corrected chi connectivity index (χ4v) is 4.01. The van der Waals surface area contributed by atoms with Gasteiger partial charge in [0.15, 0.2) is 6.61 Å². The Kier molecular flexibility index (Phi) is 4.70. The first kappa shape index (κ1) is 19.3. The van der Waals surface area contributed by atoms with Gasteiger partial charge < -0.3 is 9.64 Å². The maximum atomic E-state index is 14.0. The van der Waals surface area contributed by atoms with Gasteiger partial charge in [0.2, 0.25) is 0 Å². The number of hydrogen-bond acceptors (Lipinski definition) is 4. The minimum Gasteiger partial charge on any atom is -0.484 e. The normalized spacial score (nSPS) is 15.4. The summed E-state index contributed by atoms with van der Waals surface area (Å²) < 4.78 is 21.3. The van der Waals surface area contributed by atoms with Crippen LogP contribution in [-0.2, 0) is 4.79 Å². The molecule has 0 spiro atoms. The maximum Gasteiger partial charge on any atom is 0.260 e. The maximum absolute atomic E-state index is 14.0. The predicted molar refractivity (Wildman–Crippen MR) is 113 cm³/mol. The Balaban J connectivity index is 1.66. The Morgan fingerprint density at radius 2 is 1.97 bits per heavy atom. The van der Waals surface area contributed by atoms with Crippen LogP contribution in [0.2, 0.25) is 0 Å². The molecule has 2 fully saturated rings. The molecule has 1 aliphatic heterocycles. The summed E-state index contributed by atoms with van der Waals surface area (Å²) >= 11 is 0. The zero-order chi connectivity index (χ0) is 21.5. The molecule has 5 rings (SSSR count). The average molecular weight is 417 g/mol. The van der Waals surface area contributed by atoms with Crippen molar-refractivity contribution in [3.63, 3.8) is 0 Å². The molecule has 1 saturated heterocycles. The molecule has 7 heteroatoms. The smallest absolute Gasteiger partial charge is 0.260 e. The van der Waals surface area contributed by atoms with Gasteiger partial charge in [-0.05, 0) is 55.2 Å². The number of ether oxygens (including phenoxy) is 1. The second kappa shape index (κ2) is 7.55. The molecule has 0 bridgehead atoms. The van der Waals surface area contributed by atoms with Crippen molar-refractivity contribution in [1.82, 2.24) is 9.47 Å². The molecular formula is C24H20FN3O3.